The van der Waals surface area contributed by atoms with E-state index in [-0.39, 0.29) is 11.8 Å². The molecule has 1 saturated heterocycles. The molecule has 1 unspecified atom stereocenters. The van der Waals surface area contributed by atoms with Crippen LogP contribution in [0.4, 0.5) is 10.8 Å². The van der Waals surface area contributed by atoms with Crippen LogP contribution < -0.4 is 10.6 Å². The molecule has 1 aromatic heterocycles. The lowest BCUT2D eigenvalue weighted by molar-refractivity contribution is -0.124. The second-order valence-electron chi connectivity index (χ2n) is 5.15. The van der Waals surface area contributed by atoms with Gasteiger partial charge in [0.2, 0.25) is 5.13 Å². The summed E-state index contributed by atoms with van der Waals surface area (Å²) in [6, 6.07) is 6.74. The van der Waals surface area contributed by atoms with Gasteiger partial charge in [-0.1, -0.05) is 17.4 Å². The summed E-state index contributed by atoms with van der Waals surface area (Å²) in [5, 5.41) is 14.4. The maximum atomic E-state index is 12.2. The number of anilines is 2. The maximum absolute atomic E-state index is 12.2. The fraction of sp³-hybridized carbons (Fsp3) is 0.333. The normalized spacial score (nSPS) is 17.0. The van der Waals surface area contributed by atoms with Gasteiger partial charge >= 0.3 is 0 Å². The Labute approximate surface area is 137 Å². The fourth-order valence-electron chi connectivity index (χ4n) is 2.26. The molecule has 2 N–H and O–H groups in total. The Morgan fingerprint density at radius 1 is 1.30 bits per heavy atom. The van der Waals surface area contributed by atoms with Crippen molar-refractivity contribution in [2.24, 2.45) is 0 Å². The molecule has 0 radical (unpaired) electrons. The Bertz CT molecular complexity index is 725. The Morgan fingerprint density at radius 3 is 2.87 bits per heavy atom. The SMILES string of the molecule is Cc1nnc(NC(=O)c2cccc(NC(=O)C3CCCO3)c2)s1. The summed E-state index contributed by atoms with van der Waals surface area (Å²) in [6.45, 7) is 2.43. The van der Waals surface area contributed by atoms with Crippen LogP contribution in [0.2, 0.25) is 0 Å². The van der Waals surface area contributed by atoms with Crippen molar-refractivity contribution in [3.63, 3.8) is 0 Å². The van der Waals surface area contributed by atoms with E-state index in [2.05, 4.69) is 20.8 Å². The van der Waals surface area contributed by atoms with E-state index in [1.165, 1.54) is 11.3 Å². The highest BCUT2D eigenvalue weighted by atomic mass is 32.1. The van der Waals surface area contributed by atoms with Crippen LogP contribution in [0, 0.1) is 6.92 Å². The summed E-state index contributed by atoms with van der Waals surface area (Å²) < 4.78 is 5.34. The second-order valence-corrected chi connectivity index (χ2v) is 6.33. The number of ether oxygens (including phenoxy) is 1. The summed E-state index contributed by atoms with van der Waals surface area (Å²) in [5.41, 5.74) is 0.995. The van der Waals surface area contributed by atoms with Gasteiger partial charge in [-0.2, -0.15) is 0 Å². The van der Waals surface area contributed by atoms with Gasteiger partial charge in [-0.15, -0.1) is 10.2 Å². The lowest BCUT2D eigenvalue weighted by Crippen LogP contribution is -2.27. The zero-order chi connectivity index (χ0) is 16.2. The number of hydrogen-bond donors (Lipinski definition) is 2. The number of aryl methyl sites for hydroxylation is 1. The van der Waals surface area contributed by atoms with Crippen LogP contribution in [0.5, 0.6) is 0 Å². The monoisotopic (exact) mass is 332 g/mol. The van der Waals surface area contributed by atoms with Gasteiger partial charge in [0.05, 0.1) is 0 Å². The van der Waals surface area contributed by atoms with Gasteiger partial charge in [0.1, 0.15) is 11.1 Å². The second kappa shape index (κ2) is 6.84. The summed E-state index contributed by atoms with van der Waals surface area (Å²) >= 11 is 1.30. The maximum Gasteiger partial charge on any atom is 0.257 e. The van der Waals surface area contributed by atoms with Crippen LogP contribution in [0.25, 0.3) is 0 Å². The molecule has 7 nitrogen and oxygen atoms in total. The van der Waals surface area contributed by atoms with Crippen molar-refractivity contribution in [1.82, 2.24) is 10.2 Å². The van der Waals surface area contributed by atoms with E-state index in [4.69, 9.17) is 4.74 Å². The molecule has 0 spiro atoms. The topological polar surface area (TPSA) is 93.2 Å². The predicted octanol–water partition coefficient (Wildman–Crippen LogP) is 2.22. The van der Waals surface area contributed by atoms with Crippen LogP contribution in [0.3, 0.4) is 0 Å². The van der Waals surface area contributed by atoms with Crippen molar-refractivity contribution < 1.29 is 14.3 Å². The van der Waals surface area contributed by atoms with Crippen molar-refractivity contribution in [3.8, 4) is 0 Å². The highest BCUT2D eigenvalue weighted by molar-refractivity contribution is 7.15. The average molecular weight is 332 g/mol. The molecule has 2 heterocycles. The van der Waals surface area contributed by atoms with Crippen molar-refractivity contribution in [2.45, 2.75) is 25.9 Å². The van der Waals surface area contributed by atoms with E-state index in [0.29, 0.717) is 23.0 Å². The zero-order valence-corrected chi connectivity index (χ0v) is 13.4. The predicted molar refractivity (Wildman–Crippen MR) is 86.6 cm³/mol. The highest BCUT2D eigenvalue weighted by Crippen LogP contribution is 2.18. The minimum absolute atomic E-state index is 0.181. The number of rotatable bonds is 4. The average Bonchev–Trinajstić information content (AvgIpc) is 3.19. The van der Waals surface area contributed by atoms with E-state index in [1.54, 1.807) is 24.3 Å². The smallest absolute Gasteiger partial charge is 0.257 e. The molecular weight excluding hydrogens is 316 g/mol. The molecule has 1 aliphatic rings. The van der Waals surface area contributed by atoms with Gasteiger partial charge in [0, 0.05) is 17.9 Å². The van der Waals surface area contributed by atoms with E-state index >= 15 is 0 Å². The molecule has 23 heavy (non-hydrogen) atoms. The lowest BCUT2D eigenvalue weighted by atomic mass is 10.1. The molecule has 1 aromatic carbocycles. The molecule has 1 fully saturated rings. The fourth-order valence-corrected chi connectivity index (χ4v) is 2.85. The first-order chi connectivity index (χ1) is 11.1. The van der Waals surface area contributed by atoms with Gasteiger partial charge in [0.15, 0.2) is 0 Å². The van der Waals surface area contributed by atoms with E-state index < -0.39 is 6.10 Å². The van der Waals surface area contributed by atoms with Gasteiger partial charge < -0.3 is 10.1 Å². The van der Waals surface area contributed by atoms with Crippen LogP contribution in [-0.4, -0.2) is 34.7 Å². The first-order valence-corrected chi connectivity index (χ1v) is 8.07. The number of amides is 2. The van der Waals surface area contributed by atoms with E-state index in [0.717, 1.165) is 17.8 Å². The third kappa shape index (κ3) is 3.91. The molecule has 2 aromatic rings. The van der Waals surface area contributed by atoms with Crippen molar-refractivity contribution >= 4 is 34.0 Å². The zero-order valence-electron chi connectivity index (χ0n) is 12.5. The van der Waals surface area contributed by atoms with Crippen LogP contribution in [0.1, 0.15) is 28.2 Å². The first kappa shape index (κ1) is 15.6. The number of nitrogens with one attached hydrogen (secondary N) is 2. The lowest BCUT2D eigenvalue weighted by Gasteiger charge is -2.11. The quantitative estimate of drug-likeness (QED) is 0.895. The van der Waals surface area contributed by atoms with Crippen molar-refractivity contribution in [3.05, 3.63) is 34.8 Å². The van der Waals surface area contributed by atoms with Gasteiger partial charge in [-0.05, 0) is 38.0 Å². The largest absolute Gasteiger partial charge is 0.368 e. The summed E-state index contributed by atoms with van der Waals surface area (Å²) in [7, 11) is 0. The third-order valence-corrected chi connectivity index (χ3v) is 4.12. The highest BCUT2D eigenvalue weighted by Gasteiger charge is 2.23. The first-order valence-electron chi connectivity index (χ1n) is 7.26. The molecule has 120 valence electrons. The number of carbonyl (C=O) groups is 2. The summed E-state index contributed by atoms with van der Waals surface area (Å²) in [5.74, 6) is -0.478. The molecule has 2 amide bonds. The third-order valence-electron chi connectivity index (χ3n) is 3.36. The van der Waals surface area contributed by atoms with Crippen LogP contribution in [-0.2, 0) is 9.53 Å². The Balaban J connectivity index is 1.66. The molecule has 0 bridgehead atoms. The molecule has 0 aliphatic carbocycles. The Kier molecular flexibility index (Phi) is 4.63. The van der Waals surface area contributed by atoms with Gasteiger partial charge in [-0.3, -0.25) is 14.9 Å². The molecule has 0 saturated carbocycles. The van der Waals surface area contributed by atoms with Crippen molar-refractivity contribution in [1.29, 1.82) is 0 Å². The summed E-state index contributed by atoms with van der Waals surface area (Å²) in [4.78, 5) is 24.2. The van der Waals surface area contributed by atoms with Gasteiger partial charge in [0.25, 0.3) is 11.8 Å². The number of nitrogens with zero attached hydrogens (tertiary/aromatic N) is 2. The minimum atomic E-state index is -0.406. The molecule has 1 aliphatic heterocycles. The number of hydrogen-bond acceptors (Lipinski definition) is 6. The number of carbonyl (C=O) groups excluding carboxylic acids is 2. The number of benzene rings is 1. The van der Waals surface area contributed by atoms with Gasteiger partial charge in [-0.25, -0.2) is 0 Å². The molecule has 3 rings (SSSR count). The van der Waals surface area contributed by atoms with Crippen LogP contribution >= 0.6 is 11.3 Å². The molecule has 1 atom stereocenters. The summed E-state index contributed by atoms with van der Waals surface area (Å²) in [6.07, 6.45) is 1.21. The van der Waals surface area contributed by atoms with Crippen molar-refractivity contribution in [2.75, 3.05) is 17.2 Å². The van der Waals surface area contributed by atoms with E-state index in [9.17, 15) is 9.59 Å². The Hall–Kier alpha value is -2.32. The molecule has 8 heteroatoms. The standard InChI is InChI=1S/C15H16N4O3S/c1-9-18-19-15(23-9)17-13(20)10-4-2-5-11(8-10)16-14(21)12-6-3-7-22-12/h2,4-5,8,12H,3,6-7H2,1H3,(H,16,21)(H,17,19,20). The Morgan fingerprint density at radius 2 is 2.17 bits per heavy atom. The minimum Gasteiger partial charge on any atom is -0.368 e. The molecular formula is C15H16N4O3S. The van der Waals surface area contributed by atoms with Crippen LogP contribution in [0.15, 0.2) is 24.3 Å². The van der Waals surface area contributed by atoms with E-state index in [1.807, 2.05) is 6.92 Å². The number of aromatic nitrogens is 2.